The number of nitrogens with two attached hydrogens (primary N) is 1. The number of pyridine rings is 1. The van der Waals surface area contributed by atoms with Crippen LogP contribution < -0.4 is 11.1 Å². The molecule has 18 heavy (non-hydrogen) atoms. The molecule has 0 aromatic carbocycles. The van der Waals surface area contributed by atoms with Crippen LogP contribution in [-0.4, -0.2) is 30.6 Å². The lowest BCUT2D eigenvalue weighted by atomic mass is 10.0. The third kappa shape index (κ3) is 3.40. The highest BCUT2D eigenvalue weighted by Gasteiger charge is 2.20. The van der Waals surface area contributed by atoms with E-state index in [4.69, 9.17) is 10.5 Å². The van der Waals surface area contributed by atoms with E-state index >= 15 is 0 Å². The molecular formula is C12H18FN3O2. The predicted octanol–water partition coefficient (Wildman–Crippen LogP) is 1.20. The van der Waals surface area contributed by atoms with E-state index in [-0.39, 0.29) is 23.3 Å². The Morgan fingerprint density at radius 2 is 2.28 bits per heavy atom. The van der Waals surface area contributed by atoms with E-state index in [0.29, 0.717) is 6.61 Å². The Hall–Kier alpha value is -1.69. The Morgan fingerprint density at radius 3 is 2.83 bits per heavy atom. The first kappa shape index (κ1) is 14.4. The van der Waals surface area contributed by atoms with Crippen molar-refractivity contribution >= 4 is 11.7 Å². The molecule has 1 aromatic heterocycles. The second-order valence-electron chi connectivity index (χ2n) is 4.34. The van der Waals surface area contributed by atoms with Crippen molar-refractivity contribution in [1.29, 1.82) is 0 Å². The Balaban J connectivity index is 2.84. The summed E-state index contributed by atoms with van der Waals surface area (Å²) in [5.74, 6) is -1.42. The van der Waals surface area contributed by atoms with Gasteiger partial charge in [0.05, 0.1) is 18.2 Å². The van der Waals surface area contributed by atoms with E-state index in [1.165, 1.54) is 12.3 Å². The van der Waals surface area contributed by atoms with Crippen LogP contribution in [-0.2, 0) is 4.74 Å². The average molecular weight is 255 g/mol. The van der Waals surface area contributed by atoms with Crippen molar-refractivity contribution in [2.24, 2.45) is 5.92 Å². The van der Waals surface area contributed by atoms with Crippen molar-refractivity contribution in [1.82, 2.24) is 10.3 Å². The monoisotopic (exact) mass is 255 g/mol. The first-order valence-corrected chi connectivity index (χ1v) is 5.67. The molecule has 0 radical (unpaired) electrons. The van der Waals surface area contributed by atoms with Gasteiger partial charge in [-0.3, -0.25) is 4.79 Å². The minimum Gasteiger partial charge on any atom is -0.383 e. The van der Waals surface area contributed by atoms with Crippen LogP contribution in [0.3, 0.4) is 0 Å². The largest absolute Gasteiger partial charge is 0.383 e. The zero-order chi connectivity index (χ0) is 13.7. The second-order valence-corrected chi connectivity index (χ2v) is 4.34. The number of ether oxygens (including phenoxy) is 1. The maximum atomic E-state index is 13.6. The number of carbonyl (C=O) groups excluding carboxylic acids is 1. The fourth-order valence-corrected chi connectivity index (χ4v) is 1.46. The van der Waals surface area contributed by atoms with Gasteiger partial charge in [-0.05, 0) is 12.0 Å². The number of methoxy groups -OCH3 is 1. The van der Waals surface area contributed by atoms with Gasteiger partial charge in [-0.2, -0.15) is 0 Å². The molecule has 0 aliphatic rings. The smallest absolute Gasteiger partial charge is 0.254 e. The predicted molar refractivity (Wildman–Crippen MR) is 66.6 cm³/mol. The number of carbonyl (C=O) groups is 1. The fourth-order valence-electron chi connectivity index (χ4n) is 1.46. The molecule has 1 amide bonds. The third-order valence-corrected chi connectivity index (χ3v) is 2.63. The van der Waals surface area contributed by atoms with Crippen LogP contribution in [0.25, 0.3) is 0 Å². The lowest BCUT2D eigenvalue weighted by Gasteiger charge is -2.21. The van der Waals surface area contributed by atoms with Crippen LogP contribution in [0.4, 0.5) is 10.2 Å². The van der Waals surface area contributed by atoms with Crippen LogP contribution in [0.15, 0.2) is 12.3 Å². The number of nitrogen functional groups attached to an aromatic ring is 1. The summed E-state index contributed by atoms with van der Waals surface area (Å²) in [7, 11) is 1.55. The van der Waals surface area contributed by atoms with Gasteiger partial charge in [-0.15, -0.1) is 0 Å². The lowest BCUT2D eigenvalue weighted by Crippen LogP contribution is -2.42. The Bertz CT molecular complexity index is 424. The summed E-state index contributed by atoms with van der Waals surface area (Å²) in [5, 5.41) is 2.71. The Labute approximate surface area is 106 Å². The Morgan fingerprint density at radius 1 is 1.61 bits per heavy atom. The number of aromatic nitrogens is 1. The van der Waals surface area contributed by atoms with Gasteiger partial charge in [0.1, 0.15) is 0 Å². The number of anilines is 1. The summed E-state index contributed by atoms with van der Waals surface area (Å²) >= 11 is 0. The molecule has 0 bridgehead atoms. The quantitative estimate of drug-likeness (QED) is 0.829. The van der Waals surface area contributed by atoms with Gasteiger partial charge >= 0.3 is 0 Å². The molecule has 0 aliphatic heterocycles. The molecule has 1 rings (SSSR count). The number of nitrogens with zero attached hydrogens (tertiary/aromatic N) is 1. The van der Waals surface area contributed by atoms with Crippen molar-refractivity contribution in [2.45, 2.75) is 19.9 Å². The Kier molecular flexibility index (Phi) is 5.03. The van der Waals surface area contributed by atoms with Crippen LogP contribution in [0.1, 0.15) is 24.2 Å². The standard InChI is InChI=1S/C12H18FN3O2/c1-7(2)9(6-18-3)16-12(17)8-4-5-15-11(14)10(8)13/h4-5,7,9H,6H2,1-3H3,(H2,14,15)(H,16,17). The highest BCUT2D eigenvalue weighted by Crippen LogP contribution is 2.12. The molecule has 0 spiro atoms. The number of halogens is 1. The molecule has 0 fully saturated rings. The van der Waals surface area contributed by atoms with Crippen molar-refractivity contribution < 1.29 is 13.9 Å². The minimum atomic E-state index is -0.796. The molecule has 0 saturated heterocycles. The maximum Gasteiger partial charge on any atom is 0.254 e. The second kappa shape index (κ2) is 6.30. The summed E-state index contributed by atoms with van der Waals surface area (Å²) in [4.78, 5) is 15.5. The zero-order valence-corrected chi connectivity index (χ0v) is 10.7. The highest BCUT2D eigenvalue weighted by molar-refractivity contribution is 5.95. The number of rotatable bonds is 5. The molecule has 100 valence electrons. The number of hydrogen-bond donors (Lipinski definition) is 2. The molecule has 1 atom stereocenters. The van der Waals surface area contributed by atoms with Crippen LogP contribution >= 0.6 is 0 Å². The summed E-state index contributed by atoms with van der Waals surface area (Å²) in [5.41, 5.74) is 5.21. The number of amides is 1. The summed E-state index contributed by atoms with van der Waals surface area (Å²) in [6.07, 6.45) is 1.30. The topological polar surface area (TPSA) is 77.2 Å². The molecule has 6 heteroatoms. The van der Waals surface area contributed by atoms with Crippen molar-refractivity contribution in [3.8, 4) is 0 Å². The first-order valence-electron chi connectivity index (χ1n) is 5.67. The first-order chi connectivity index (χ1) is 8.47. The van der Waals surface area contributed by atoms with E-state index in [2.05, 4.69) is 10.3 Å². The average Bonchev–Trinajstić information content (AvgIpc) is 2.31. The molecule has 1 unspecified atom stereocenters. The highest BCUT2D eigenvalue weighted by atomic mass is 19.1. The third-order valence-electron chi connectivity index (χ3n) is 2.63. The van der Waals surface area contributed by atoms with Crippen molar-refractivity contribution in [3.63, 3.8) is 0 Å². The van der Waals surface area contributed by atoms with Crippen LogP contribution in [0.2, 0.25) is 0 Å². The van der Waals surface area contributed by atoms with Gasteiger partial charge in [0, 0.05) is 13.3 Å². The van der Waals surface area contributed by atoms with Crippen molar-refractivity contribution in [3.05, 3.63) is 23.6 Å². The zero-order valence-electron chi connectivity index (χ0n) is 10.7. The normalized spacial score (nSPS) is 12.5. The number of hydrogen-bond acceptors (Lipinski definition) is 4. The molecular weight excluding hydrogens is 237 g/mol. The van der Waals surface area contributed by atoms with E-state index in [1.807, 2.05) is 13.8 Å². The lowest BCUT2D eigenvalue weighted by molar-refractivity contribution is 0.0862. The molecule has 0 aliphatic carbocycles. The van der Waals surface area contributed by atoms with Gasteiger partial charge in [-0.25, -0.2) is 9.37 Å². The molecule has 1 heterocycles. The summed E-state index contributed by atoms with van der Waals surface area (Å²) in [6.45, 7) is 4.26. The van der Waals surface area contributed by atoms with Gasteiger partial charge in [-0.1, -0.05) is 13.8 Å². The molecule has 1 aromatic rings. The van der Waals surface area contributed by atoms with Crippen molar-refractivity contribution in [2.75, 3.05) is 19.5 Å². The summed E-state index contributed by atoms with van der Waals surface area (Å²) < 4.78 is 18.6. The van der Waals surface area contributed by atoms with E-state index in [0.717, 1.165) is 0 Å². The van der Waals surface area contributed by atoms with E-state index in [9.17, 15) is 9.18 Å². The van der Waals surface area contributed by atoms with E-state index in [1.54, 1.807) is 7.11 Å². The molecule has 3 N–H and O–H groups in total. The van der Waals surface area contributed by atoms with Gasteiger partial charge < -0.3 is 15.8 Å². The van der Waals surface area contributed by atoms with Gasteiger partial charge in [0.15, 0.2) is 11.6 Å². The van der Waals surface area contributed by atoms with Crippen LogP contribution in [0, 0.1) is 11.7 Å². The summed E-state index contributed by atoms with van der Waals surface area (Å²) in [6, 6.07) is 1.11. The molecule has 0 saturated carbocycles. The SMILES string of the molecule is COCC(NC(=O)c1ccnc(N)c1F)C(C)C. The number of nitrogens with one attached hydrogen (secondary N) is 1. The van der Waals surface area contributed by atoms with Crippen LogP contribution in [0.5, 0.6) is 0 Å². The van der Waals surface area contributed by atoms with E-state index < -0.39 is 11.7 Å². The van der Waals surface area contributed by atoms with Gasteiger partial charge in [0.25, 0.3) is 5.91 Å². The minimum absolute atomic E-state index is 0.107. The fraction of sp³-hybridized carbons (Fsp3) is 0.500. The maximum absolute atomic E-state index is 13.6. The van der Waals surface area contributed by atoms with Gasteiger partial charge in [0.2, 0.25) is 0 Å². The molecule has 5 nitrogen and oxygen atoms in total.